The van der Waals surface area contributed by atoms with Crippen LogP contribution in [0, 0.1) is 5.92 Å². The molecule has 0 bridgehead atoms. The SMILES string of the molecule is O=C1CC(CNC(=O)c2cc(=O)[nH]c(C3CC3)n2)CN1. The van der Waals surface area contributed by atoms with Gasteiger partial charge < -0.3 is 15.6 Å². The van der Waals surface area contributed by atoms with Crippen molar-refractivity contribution in [2.45, 2.75) is 25.2 Å². The second-order valence-corrected chi connectivity index (χ2v) is 5.37. The Morgan fingerprint density at radius 2 is 2.20 bits per heavy atom. The van der Waals surface area contributed by atoms with Crippen molar-refractivity contribution >= 4 is 11.8 Å². The first-order valence-corrected chi connectivity index (χ1v) is 6.78. The zero-order valence-corrected chi connectivity index (χ0v) is 10.9. The van der Waals surface area contributed by atoms with Crippen molar-refractivity contribution in [3.8, 4) is 0 Å². The van der Waals surface area contributed by atoms with E-state index >= 15 is 0 Å². The standard InChI is InChI=1S/C13H16N4O3/c18-10-3-7(5-14-10)6-15-13(20)9-4-11(19)17-12(16-9)8-1-2-8/h4,7-8H,1-3,5-6H2,(H,14,18)(H,15,20)(H,16,17,19). The normalized spacial score (nSPS) is 21.6. The van der Waals surface area contributed by atoms with Gasteiger partial charge in [0, 0.05) is 37.4 Å². The number of amides is 2. The van der Waals surface area contributed by atoms with Crippen LogP contribution in [0.1, 0.15) is 41.5 Å². The second-order valence-electron chi connectivity index (χ2n) is 5.37. The molecule has 0 radical (unpaired) electrons. The highest BCUT2D eigenvalue weighted by atomic mass is 16.2. The zero-order chi connectivity index (χ0) is 14.1. The van der Waals surface area contributed by atoms with E-state index in [1.165, 1.54) is 6.07 Å². The summed E-state index contributed by atoms with van der Waals surface area (Å²) in [4.78, 5) is 41.4. The van der Waals surface area contributed by atoms with E-state index in [9.17, 15) is 14.4 Å². The predicted octanol–water partition coefficient (Wildman–Crippen LogP) is -0.487. The van der Waals surface area contributed by atoms with Gasteiger partial charge in [-0.15, -0.1) is 0 Å². The molecule has 1 aliphatic heterocycles. The van der Waals surface area contributed by atoms with Gasteiger partial charge in [0.25, 0.3) is 11.5 Å². The quantitative estimate of drug-likeness (QED) is 0.690. The Kier molecular flexibility index (Phi) is 3.25. The lowest BCUT2D eigenvalue weighted by molar-refractivity contribution is -0.119. The summed E-state index contributed by atoms with van der Waals surface area (Å²) >= 11 is 0. The molecule has 1 unspecified atom stereocenters. The first kappa shape index (κ1) is 12.8. The van der Waals surface area contributed by atoms with Crippen molar-refractivity contribution in [3.63, 3.8) is 0 Å². The van der Waals surface area contributed by atoms with Crippen LogP contribution in [0.25, 0.3) is 0 Å². The number of aromatic amines is 1. The van der Waals surface area contributed by atoms with Crippen molar-refractivity contribution in [1.29, 1.82) is 0 Å². The maximum atomic E-state index is 12.0. The highest BCUT2D eigenvalue weighted by Crippen LogP contribution is 2.37. The number of carbonyl (C=O) groups excluding carboxylic acids is 2. The fraction of sp³-hybridized carbons (Fsp3) is 0.538. The van der Waals surface area contributed by atoms with E-state index in [1.807, 2.05) is 0 Å². The molecule has 1 aromatic rings. The average molecular weight is 276 g/mol. The summed E-state index contributed by atoms with van der Waals surface area (Å²) in [5.41, 5.74) is -0.155. The van der Waals surface area contributed by atoms with Gasteiger partial charge in [-0.25, -0.2) is 4.98 Å². The molecule has 20 heavy (non-hydrogen) atoms. The molecule has 3 rings (SSSR count). The molecule has 106 valence electrons. The van der Waals surface area contributed by atoms with Gasteiger partial charge in [0.05, 0.1) is 0 Å². The minimum atomic E-state index is -0.364. The van der Waals surface area contributed by atoms with E-state index in [0.717, 1.165) is 12.8 Å². The number of H-pyrrole nitrogens is 1. The largest absolute Gasteiger partial charge is 0.356 e. The number of aromatic nitrogens is 2. The Balaban J connectivity index is 1.64. The molecule has 2 amide bonds. The predicted molar refractivity (Wildman–Crippen MR) is 70.3 cm³/mol. The van der Waals surface area contributed by atoms with Gasteiger partial charge in [0.1, 0.15) is 11.5 Å². The molecule has 1 atom stereocenters. The lowest BCUT2D eigenvalue weighted by Gasteiger charge is -2.09. The van der Waals surface area contributed by atoms with Crippen LogP contribution in [0.2, 0.25) is 0 Å². The van der Waals surface area contributed by atoms with Crippen LogP contribution in [0.5, 0.6) is 0 Å². The first-order valence-electron chi connectivity index (χ1n) is 6.78. The van der Waals surface area contributed by atoms with Crippen LogP contribution in [0.15, 0.2) is 10.9 Å². The summed E-state index contributed by atoms with van der Waals surface area (Å²) < 4.78 is 0. The Morgan fingerprint density at radius 3 is 2.85 bits per heavy atom. The van der Waals surface area contributed by atoms with Gasteiger partial charge in [-0.2, -0.15) is 0 Å². The number of nitrogens with one attached hydrogen (secondary N) is 3. The monoisotopic (exact) mass is 276 g/mol. The molecule has 7 nitrogen and oxygen atoms in total. The fourth-order valence-corrected chi connectivity index (χ4v) is 2.28. The minimum Gasteiger partial charge on any atom is -0.356 e. The maximum Gasteiger partial charge on any atom is 0.270 e. The van der Waals surface area contributed by atoms with Crippen molar-refractivity contribution in [1.82, 2.24) is 20.6 Å². The molecule has 1 saturated carbocycles. The topological polar surface area (TPSA) is 104 Å². The molecule has 0 aromatic carbocycles. The molecular formula is C13H16N4O3. The Hall–Kier alpha value is -2.18. The molecule has 3 N–H and O–H groups in total. The molecular weight excluding hydrogens is 260 g/mol. The van der Waals surface area contributed by atoms with E-state index in [1.54, 1.807) is 0 Å². The van der Waals surface area contributed by atoms with Crippen LogP contribution in [0.4, 0.5) is 0 Å². The van der Waals surface area contributed by atoms with Gasteiger partial charge >= 0.3 is 0 Å². The van der Waals surface area contributed by atoms with Crippen molar-refractivity contribution in [3.05, 3.63) is 27.9 Å². The van der Waals surface area contributed by atoms with E-state index in [-0.39, 0.29) is 34.9 Å². The molecule has 2 aliphatic rings. The van der Waals surface area contributed by atoms with E-state index < -0.39 is 0 Å². The van der Waals surface area contributed by atoms with Gasteiger partial charge in [-0.05, 0) is 12.8 Å². The van der Waals surface area contributed by atoms with Gasteiger partial charge in [-0.1, -0.05) is 0 Å². The van der Waals surface area contributed by atoms with Gasteiger partial charge in [0.15, 0.2) is 0 Å². The Morgan fingerprint density at radius 1 is 1.40 bits per heavy atom. The van der Waals surface area contributed by atoms with Crippen LogP contribution >= 0.6 is 0 Å². The summed E-state index contributed by atoms with van der Waals surface area (Å²) in [6.45, 7) is 0.986. The van der Waals surface area contributed by atoms with Gasteiger partial charge in [-0.3, -0.25) is 14.4 Å². The molecule has 2 fully saturated rings. The Labute approximate surface area is 115 Å². The lowest BCUT2D eigenvalue weighted by atomic mass is 10.1. The zero-order valence-electron chi connectivity index (χ0n) is 10.9. The molecule has 2 heterocycles. The number of carbonyl (C=O) groups is 2. The summed E-state index contributed by atoms with van der Waals surface area (Å²) in [5, 5.41) is 5.44. The Bertz CT molecular complexity index is 606. The van der Waals surface area contributed by atoms with Crippen LogP contribution < -0.4 is 16.2 Å². The average Bonchev–Trinajstić information content (AvgIpc) is 3.19. The third kappa shape index (κ3) is 2.87. The third-order valence-corrected chi connectivity index (χ3v) is 3.57. The fourth-order valence-electron chi connectivity index (χ4n) is 2.28. The second kappa shape index (κ2) is 5.07. The minimum absolute atomic E-state index is 0.00884. The van der Waals surface area contributed by atoms with E-state index in [4.69, 9.17) is 0 Å². The van der Waals surface area contributed by atoms with Crippen molar-refractivity contribution < 1.29 is 9.59 Å². The summed E-state index contributed by atoms with van der Waals surface area (Å²) in [6.07, 6.45) is 2.43. The third-order valence-electron chi connectivity index (χ3n) is 3.57. The van der Waals surface area contributed by atoms with Gasteiger partial charge in [0.2, 0.25) is 5.91 Å². The summed E-state index contributed by atoms with van der Waals surface area (Å²) in [5.74, 6) is 0.635. The number of nitrogens with zero attached hydrogens (tertiary/aromatic N) is 1. The highest BCUT2D eigenvalue weighted by molar-refractivity contribution is 5.92. The van der Waals surface area contributed by atoms with Crippen LogP contribution in [0.3, 0.4) is 0 Å². The number of hydrogen-bond acceptors (Lipinski definition) is 4. The molecule has 7 heteroatoms. The summed E-state index contributed by atoms with van der Waals surface area (Å²) in [7, 11) is 0. The highest BCUT2D eigenvalue weighted by Gasteiger charge is 2.27. The molecule has 1 aliphatic carbocycles. The lowest BCUT2D eigenvalue weighted by Crippen LogP contribution is -2.32. The maximum absolute atomic E-state index is 12.0. The number of rotatable bonds is 4. The van der Waals surface area contributed by atoms with E-state index in [2.05, 4.69) is 20.6 Å². The molecule has 0 spiro atoms. The molecule has 1 saturated heterocycles. The first-order chi connectivity index (χ1) is 9.61. The summed E-state index contributed by atoms with van der Waals surface area (Å²) in [6, 6.07) is 1.21. The smallest absolute Gasteiger partial charge is 0.270 e. The van der Waals surface area contributed by atoms with E-state index in [0.29, 0.717) is 25.3 Å². The number of hydrogen-bond donors (Lipinski definition) is 3. The van der Waals surface area contributed by atoms with Crippen LogP contribution in [-0.4, -0.2) is 34.9 Å². The van der Waals surface area contributed by atoms with Crippen molar-refractivity contribution in [2.24, 2.45) is 5.92 Å². The van der Waals surface area contributed by atoms with Crippen molar-refractivity contribution in [2.75, 3.05) is 13.1 Å². The molecule has 1 aromatic heterocycles. The van der Waals surface area contributed by atoms with Crippen LogP contribution in [-0.2, 0) is 4.79 Å².